The highest BCUT2D eigenvalue weighted by molar-refractivity contribution is 7.92. The molecule has 20 heavy (non-hydrogen) atoms. The van der Waals surface area contributed by atoms with Crippen LogP contribution in [0, 0.1) is 5.41 Å². The van der Waals surface area contributed by atoms with Gasteiger partial charge in [0.25, 0.3) is 0 Å². The van der Waals surface area contributed by atoms with Crippen molar-refractivity contribution in [1.82, 2.24) is 0 Å². The molecular weight excluding hydrogens is 276 g/mol. The van der Waals surface area contributed by atoms with Crippen molar-refractivity contribution < 1.29 is 13.2 Å². The molecule has 1 aromatic rings. The Morgan fingerprint density at radius 2 is 1.95 bits per heavy atom. The fourth-order valence-electron chi connectivity index (χ4n) is 1.58. The third-order valence-electron chi connectivity index (χ3n) is 2.82. The normalized spacial score (nSPS) is 12.2. The molecule has 0 spiro atoms. The quantitative estimate of drug-likeness (QED) is 0.644. The second-order valence-electron chi connectivity index (χ2n) is 5.54. The summed E-state index contributed by atoms with van der Waals surface area (Å²) in [6.45, 7) is 7.36. The van der Waals surface area contributed by atoms with Gasteiger partial charge in [0, 0.05) is 0 Å². The average molecular weight is 298 g/mol. The molecular formula is C14H22N2O3S. The first-order chi connectivity index (χ1) is 9.11. The number of amidine groups is 1. The number of nitrogen functional groups attached to an aromatic ring is 1. The van der Waals surface area contributed by atoms with Crippen molar-refractivity contribution in [3.05, 3.63) is 23.8 Å². The molecule has 0 aliphatic rings. The van der Waals surface area contributed by atoms with E-state index >= 15 is 0 Å². The number of nitrogens with two attached hydrogens (primary N) is 1. The van der Waals surface area contributed by atoms with Crippen LogP contribution in [0.4, 0.5) is 0 Å². The fraction of sp³-hybridized carbons (Fsp3) is 0.500. The maximum absolute atomic E-state index is 12.4. The molecule has 112 valence electrons. The van der Waals surface area contributed by atoms with Crippen LogP contribution < -0.4 is 10.5 Å². The summed E-state index contributed by atoms with van der Waals surface area (Å²) >= 11 is 0. The van der Waals surface area contributed by atoms with Crippen LogP contribution in [0.5, 0.6) is 5.75 Å². The smallest absolute Gasteiger partial charge is 0.183 e. The van der Waals surface area contributed by atoms with Crippen molar-refractivity contribution in [3.8, 4) is 5.75 Å². The largest absolute Gasteiger partial charge is 0.493 e. The molecule has 0 bridgehead atoms. The molecule has 0 unspecified atom stereocenters. The lowest BCUT2D eigenvalue weighted by atomic mass is 10.2. The van der Waals surface area contributed by atoms with Gasteiger partial charge in [0.1, 0.15) is 11.6 Å². The first kappa shape index (κ1) is 16.5. The molecule has 0 saturated heterocycles. The Hall–Kier alpha value is -1.56. The molecule has 0 aromatic heterocycles. The molecule has 0 heterocycles. The van der Waals surface area contributed by atoms with Crippen molar-refractivity contribution in [2.24, 2.45) is 5.73 Å². The van der Waals surface area contributed by atoms with Crippen LogP contribution >= 0.6 is 0 Å². The Morgan fingerprint density at radius 3 is 2.40 bits per heavy atom. The van der Waals surface area contributed by atoms with Crippen LogP contribution in [0.2, 0.25) is 0 Å². The van der Waals surface area contributed by atoms with Gasteiger partial charge in [-0.3, -0.25) is 5.41 Å². The van der Waals surface area contributed by atoms with E-state index in [9.17, 15) is 8.42 Å². The number of ether oxygens (including phenoxy) is 1. The number of hydrogen-bond acceptors (Lipinski definition) is 4. The van der Waals surface area contributed by atoms with Gasteiger partial charge in [-0.2, -0.15) is 0 Å². The summed E-state index contributed by atoms with van der Waals surface area (Å²) < 4.78 is 29.4. The fourth-order valence-corrected chi connectivity index (χ4v) is 2.81. The molecule has 0 fully saturated rings. The summed E-state index contributed by atoms with van der Waals surface area (Å²) in [4.78, 5) is 0.152. The topological polar surface area (TPSA) is 93.2 Å². The number of hydrogen-bond donors (Lipinski definition) is 2. The van der Waals surface area contributed by atoms with Crippen LogP contribution in [0.15, 0.2) is 23.1 Å². The summed E-state index contributed by atoms with van der Waals surface area (Å²) in [5.41, 5.74) is 5.83. The van der Waals surface area contributed by atoms with Gasteiger partial charge in [-0.05, 0) is 45.4 Å². The minimum Gasteiger partial charge on any atom is -0.493 e. The molecule has 5 nitrogen and oxygen atoms in total. The van der Waals surface area contributed by atoms with Crippen molar-refractivity contribution in [3.63, 3.8) is 0 Å². The Morgan fingerprint density at radius 1 is 1.35 bits per heavy atom. The summed E-state index contributed by atoms with van der Waals surface area (Å²) in [6.07, 6.45) is 0.819. The zero-order valence-corrected chi connectivity index (χ0v) is 13.2. The summed E-state index contributed by atoms with van der Waals surface area (Å²) in [7, 11) is -3.48. The van der Waals surface area contributed by atoms with Gasteiger partial charge < -0.3 is 10.5 Å². The Kier molecular flexibility index (Phi) is 4.81. The molecule has 0 aliphatic carbocycles. The molecule has 0 amide bonds. The molecule has 0 atom stereocenters. The van der Waals surface area contributed by atoms with E-state index in [0.29, 0.717) is 17.9 Å². The molecule has 1 aromatic carbocycles. The standard InChI is InChI=1S/C14H22N2O3S/c1-5-8-19-12-7-6-10(9-11(12)13(15)16)20(17,18)14(2,3)4/h6-7,9H,5,8H2,1-4H3,(H3,15,16). The second-order valence-corrected chi connectivity index (χ2v) is 8.24. The Labute approximate surface area is 120 Å². The average Bonchev–Trinajstić information content (AvgIpc) is 2.34. The van der Waals surface area contributed by atoms with Gasteiger partial charge in [-0.1, -0.05) is 6.92 Å². The van der Waals surface area contributed by atoms with Gasteiger partial charge in [0.15, 0.2) is 9.84 Å². The van der Waals surface area contributed by atoms with E-state index in [0.717, 1.165) is 6.42 Å². The third kappa shape index (κ3) is 3.30. The van der Waals surface area contributed by atoms with E-state index in [4.69, 9.17) is 15.9 Å². The Bertz CT molecular complexity index is 601. The molecule has 0 saturated carbocycles. The van der Waals surface area contributed by atoms with Gasteiger partial charge >= 0.3 is 0 Å². The van der Waals surface area contributed by atoms with Crippen molar-refractivity contribution in [1.29, 1.82) is 5.41 Å². The zero-order valence-electron chi connectivity index (χ0n) is 12.4. The lowest BCUT2D eigenvalue weighted by Crippen LogP contribution is -2.28. The highest BCUT2D eigenvalue weighted by atomic mass is 32.2. The summed E-state index contributed by atoms with van der Waals surface area (Å²) in [5, 5.41) is 7.57. The van der Waals surface area contributed by atoms with Crippen LogP contribution in [0.25, 0.3) is 0 Å². The molecule has 3 N–H and O–H groups in total. The van der Waals surface area contributed by atoms with Gasteiger partial charge in [-0.25, -0.2) is 8.42 Å². The third-order valence-corrected chi connectivity index (χ3v) is 5.31. The minimum atomic E-state index is -3.48. The number of benzene rings is 1. The van der Waals surface area contributed by atoms with Crippen molar-refractivity contribution in [2.75, 3.05) is 6.61 Å². The molecule has 0 radical (unpaired) electrons. The van der Waals surface area contributed by atoms with E-state index in [1.54, 1.807) is 26.8 Å². The van der Waals surface area contributed by atoms with Crippen molar-refractivity contribution in [2.45, 2.75) is 43.8 Å². The zero-order chi connectivity index (χ0) is 15.6. The van der Waals surface area contributed by atoms with E-state index < -0.39 is 14.6 Å². The lowest BCUT2D eigenvalue weighted by Gasteiger charge is -2.20. The highest BCUT2D eigenvalue weighted by Crippen LogP contribution is 2.29. The molecule has 6 heteroatoms. The van der Waals surface area contributed by atoms with Crippen molar-refractivity contribution >= 4 is 15.7 Å². The van der Waals surface area contributed by atoms with Crippen LogP contribution in [-0.2, 0) is 9.84 Å². The molecule has 0 aliphatic heterocycles. The van der Waals surface area contributed by atoms with Gasteiger partial charge in [-0.15, -0.1) is 0 Å². The first-order valence-electron chi connectivity index (χ1n) is 6.47. The first-order valence-corrected chi connectivity index (χ1v) is 7.95. The monoisotopic (exact) mass is 298 g/mol. The summed E-state index contributed by atoms with van der Waals surface area (Å²) in [6, 6.07) is 4.47. The number of sulfone groups is 1. The maximum Gasteiger partial charge on any atom is 0.183 e. The highest BCUT2D eigenvalue weighted by Gasteiger charge is 2.31. The minimum absolute atomic E-state index is 0.152. The van der Waals surface area contributed by atoms with Gasteiger partial charge in [0.05, 0.1) is 21.8 Å². The van der Waals surface area contributed by atoms with E-state index in [2.05, 4.69) is 0 Å². The van der Waals surface area contributed by atoms with Crippen LogP contribution in [-0.4, -0.2) is 25.6 Å². The number of nitrogens with one attached hydrogen (secondary N) is 1. The predicted octanol–water partition coefficient (Wildman–Crippen LogP) is 2.33. The van der Waals surface area contributed by atoms with Crippen LogP contribution in [0.1, 0.15) is 39.7 Å². The predicted molar refractivity (Wildman–Crippen MR) is 80.2 cm³/mol. The lowest BCUT2D eigenvalue weighted by molar-refractivity contribution is 0.316. The molecule has 1 rings (SSSR count). The van der Waals surface area contributed by atoms with Gasteiger partial charge in [0.2, 0.25) is 0 Å². The maximum atomic E-state index is 12.4. The number of rotatable bonds is 5. The van der Waals surface area contributed by atoms with E-state index in [1.165, 1.54) is 12.1 Å². The van der Waals surface area contributed by atoms with E-state index in [1.807, 2.05) is 6.92 Å². The second kappa shape index (κ2) is 5.83. The Balaban J connectivity index is 3.35. The van der Waals surface area contributed by atoms with Crippen LogP contribution in [0.3, 0.4) is 0 Å². The van der Waals surface area contributed by atoms with E-state index in [-0.39, 0.29) is 10.7 Å². The summed E-state index contributed by atoms with van der Waals surface area (Å²) in [5.74, 6) is 0.231. The SMILES string of the molecule is CCCOc1ccc(S(=O)(=O)C(C)(C)C)cc1C(=N)N.